The van der Waals surface area contributed by atoms with E-state index in [9.17, 15) is 14.7 Å². The van der Waals surface area contributed by atoms with Crippen LogP contribution in [0.5, 0.6) is 0 Å². The first kappa shape index (κ1) is 14.1. The fourth-order valence-electron chi connectivity index (χ4n) is 2.67. The van der Waals surface area contributed by atoms with Crippen LogP contribution in [0.25, 0.3) is 0 Å². The molecule has 2 saturated heterocycles. The van der Waals surface area contributed by atoms with Gasteiger partial charge < -0.3 is 24.7 Å². The monoisotopic (exact) mass is 272 g/mol. The maximum atomic E-state index is 12.5. The Balaban J connectivity index is 2.11. The number of aliphatic hydroxyl groups is 1. The van der Waals surface area contributed by atoms with E-state index in [1.807, 2.05) is 6.92 Å². The Labute approximate surface area is 111 Å². The minimum absolute atomic E-state index is 0.0200. The number of ether oxygens (including phenoxy) is 1. The molecule has 3 atom stereocenters. The number of aliphatic carboxylic acids is 1. The molecule has 0 aromatic carbocycles. The number of morpholine rings is 1. The molecule has 0 saturated carbocycles. The number of hydrogen-bond acceptors (Lipinski definition) is 4. The minimum atomic E-state index is -1.06. The fraction of sp³-hybridized carbons (Fsp3) is 0.833. The lowest BCUT2D eigenvalue weighted by molar-refractivity contribution is -0.141. The zero-order valence-corrected chi connectivity index (χ0v) is 11.0. The molecule has 0 radical (unpaired) electrons. The Hall–Kier alpha value is -1.34. The molecule has 0 aromatic heterocycles. The lowest BCUT2D eigenvalue weighted by Gasteiger charge is -2.38. The van der Waals surface area contributed by atoms with Crippen LogP contribution in [0.15, 0.2) is 0 Å². The molecule has 2 rings (SSSR count). The second kappa shape index (κ2) is 5.75. The average molecular weight is 272 g/mol. The van der Waals surface area contributed by atoms with Crippen LogP contribution in [0.2, 0.25) is 0 Å². The smallest absolute Gasteiger partial charge is 0.326 e. The Morgan fingerprint density at radius 1 is 1.37 bits per heavy atom. The van der Waals surface area contributed by atoms with Gasteiger partial charge in [0.1, 0.15) is 6.04 Å². The van der Waals surface area contributed by atoms with Crippen LogP contribution in [-0.2, 0) is 9.53 Å². The molecule has 7 heteroatoms. The molecule has 0 aliphatic carbocycles. The van der Waals surface area contributed by atoms with Crippen molar-refractivity contribution in [1.82, 2.24) is 9.80 Å². The van der Waals surface area contributed by atoms with Crippen molar-refractivity contribution in [2.75, 3.05) is 26.3 Å². The quantitative estimate of drug-likeness (QED) is 0.722. The summed E-state index contributed by atoms with van der Waals surface area (Å²) in [5, 5.41) is 18.7. The first-order valence-electron chi connectivity index (χ1n) is 6.60. The van der Waals surface area contributed by atoms with E-state index in [4.69, 9.17) is 9.84 Å². The standard InChI is InChI=1S/C12H20N2O5/c1-2-8-7-19-4-3-13(8)12(18)14-6-9(15)5-10(14)11(16)17/h8-10,15H,2-7H2,1H3,(H,16,17)/t8?,9?,10-/m0/s1. The summed E-state index contributed by atoms with van der Waals surface area (Å²) in [5.74, 6) is -1.06. The third-order valence-corrected chi connectivity index (χ3v) is 3.75. The molecular formula is C12H20N2O5. The van der Waals surface area contributed by atoms with E-state index in [-0.39, 0.29) is 25.0 Å². The topological polar surface area (TPSA) is 90.3 Å². The summed E-state index contributed by atoms with van der Waals surface area (Å²) in [6, 6.07) is -1.25. The average Bonchev–Trinajstić information content (AvgIpc) is 2.80. The molecule has 108 valence electrons. The van der Waals surface area contributed by atoms with E-state index in [2.05, 4.69) is 0 Å². The molecule has 2 N–H and O–H groups in total. The van der Waals surface area contributed by atoms with Crippen LogP contribution in [0, 0.1) is 0 Å². The van der Waals surface area contributed by atoms with Gasteiger partial charge in [-0.15, -0.1) is 0 Å². The molecule has 7 nitrogen and oxygen atoms in total. The lowest BCUT2D eigenvalue weighted by atomic mass is 10.2. The van der Waals surface area contributed by atoms with Crippen LogP contribution in [0.3, 0.4) is 0 Å². The summed E-state index contributed by atoms with van der Waals surface area (Å²) in [4.78, 5) is 26.5. The van der Waals surface area contributed by atoms with Crippen molar-refractivity contribution >= 4 is 12.0 Å². The summed E-state index contributed by atoms with van der Waals surface area (Å²) in [7, 11) is 0. The third kappa shape index (κ3) is 2.82. The van der Waals surface area contributed by atoms with Gasteiger partial charge in [-0.3, -0.25) is 0 Å². The van der Waals surface area contributed by atoms with Crippen molar-refractivity contribution in [2.45, 2.75) is 38.0 Å². The van der Waals surface area contributed by atoms with Gasteiger partial charge in [0.15, 0.2) is 0 Å². The van der Waals surface area contributed by atoms with Gasteiger partial charge in [0.25, 0.3) is 0 Å². The summed E-state index contributed by atoms with van der Waals surface area (Å²) in [6.45, 7) is 3.47. The molecule has 2 aliphatic rings. The highest BCUT2D eigenvalue weighted by Crippen LogP contribution is 2.22. The highest BCUT2D eigenvalue weighted by molar-refractivity contribution is 5.83. The number of nitrogens with zero attached hydrogens (tertiary/aromatic N) is 2. The number of rotatable bonds is 2. The molecule has 0 spiro atoms. The molecule has 2 amide bonds. The first-order valence-corrected chi connectivity index (χ1v) is 6.60. The van der Waals surface area contributed by atoms with Crippen molar-refractivity contribution in [2.24, 2.45) is 0 Å². The Morgan fingerprint density at radius 3 is 2.74 bits per heavy atom. The predicted molar refractivity (Wildman–Crippen MR) is 65.8 cm³/mol. The molecule has 2 unspecified atom stereocenters. The molecule has 0 bridgehead atoms. The van der Waals surface area contributed by atoms with Crippen LogP contribution in [0.4, 0.5) is 4.79 Å². The van der Waals surface area contributed by atoms with E-state index in [1.54, 1.807) is 4.90 Å². The van der Waals surface area contributed by atoms with E-state index in [0.717, 1.165) is 6.42 Å². The Morgan fingerprint density at radius 2 is 2.11 bits per heavy atom. The lowest BCUT2D eigenvalue weighted by Crippen LogP contribution is -2.55. The second-order valence-corrected chi connectivity index (χ2v) is 5.01. The number of carboxylic acid groups (broad SMARTS) is 1. The molecule has 0 aromatic rings. The molecular weight excluding hydrogens is 252 g/mol. The van der Waals surface area contributed by atoms with Crippen LogP contribution in [-0.4, -0.2) is 76.5 Å². The van der Waals surface area contributed by atoms with E-state index in [1.165, 1.54) is 4.90 Å². The molecule has 2 fully saturated rings. The second-order valence-electron chi connectivity index (χ2n) is 5.01. The van der Waals surface area contributed by atoms with Gasteiger partial charge in [-0.1, -0.05) is 6.92 Å². The number of hydrogen-bond donors (Lipinski definition) is 2. The summed E-state index contributed by atoms with van der Waals surface area (Å²) in [5.41, 5.74) is 0. The summed E-state index contributed by atoms with van der Waals surface area (Å²) >= 11 is 0. The highest BCUT2D eigenvalue weighted by Gasteiger charge is 2.42. The van der Waals surface area contributed by atoms with Gasteiger partial charge in [0, 0.05) is 19.5 Å². The predicted octanol–water partition coefficient (Wildman–Crippen LogP) is -0.263. The summed E-state index contributed by atoms with van der Waals surface area (Å²) in [6.07, 6.45) is 0.105. The summed E-state index contributed by atoms with van der Waals surface area (Å²) < 4.78 is 5.33. The first-order chi connectivity index (χ1) is 9.04. The van der Waals surface area contributed by atoms with Crippen molar-refractivity contribution < 1.29 is 24.5 Å². The van der Waals surface area contributed by atoms with E-state index < -0.39 is 18.1 Å². The van der Waals surface area contributed by atoms with Gasteiger partial charge in [0.05, 0.1) is 25.4 Å². The maximum Gasteiger partial charge on any atom is 0.326 e. The van der Waals surface area contributed by atoms with E-state index in [0.29, 0.717) is 19.8 Å². The Kier molecular flexibility index (Phi) is 4.26. The zero-order chi connectivity index (χ0) is 14.0. The number of likely N-dealkylation sites (tertiary alicyclic amines) is 1. The van der Waals surface area contributed by atoms with Crippen molar-refractivity contribution in [1.29, 1.82) is 0 Å². The normalized spacial score (nSPS) is 31.6. The van der Waals surface area contributed by atoms with Gasteiger partial charge in [-0.05, 0) is 6.42 Å². The largest absolute Gasteiger partial charge is 0.480 e. The van der Waals surface area contributed by atoms with Gasteiger partial charge >= 0.3 is 12.0 Å². The number of aliphatic hydroxyl groups excluding tert-OH is 1. The minimum Gasteiger partial charge on any atom is -0.480 e. The van der Waals surface area contributed by atoms with Gasteiger partial charge in [-0.2, -0.15) is 0 Å². The van der Waals surface area contributed by atoms with Crippen LogP contribution < -0.4 is 0 Å². The number of urea groups is 1. The van der Waals surface area contributed by atoms with Crippen molar-refractivity contribution in [3.63, 3.8) is 0 Å². The van der Waals surface area contributed by atoms with Crippen LogP contribution in [0.1, 0.15) is 19.8 Å². The zero-order valence-electron chi connectivity index (χ0n) is 11.0. The van der Waals surface area contributed by atoms with Crippen LogP contribution >= 0.6 is 0 Å². The number of carboxylic acids is 1. The Bertz CT molecular complexity index is 362. The highest BCUT2D eigenvalue weighted by atomic mass is 16.5. The molecule has 2 aliphatic heterocycles. The third-order valence-electron chi connectivity index (χ3n) is 3.75. The molecule has 19 heavy (non-hydrogen) atoms. The van der Waals surface area contributed by atoms with Crippen molar-refractivity contribution in [3.05, 3.63) is 0 Å². The van der Waals surface area contributed by atoms with E-state index >= 15 is 0 Å². The maximum absolute atomic E-state index is 12.5. The van der Waals surface area contributed by atoms with Crippen molar-refractivity contribution in [3.8, 4) is 0 Å². The number of β-amino-alcohol motifs (C(OH)–C–C–N with tert-alkyl or cyclic N) is 1. The number of carbonyl (C=O) groups excluding carboxylic acids is 1. The van der Waals surface area contributed by atoms with Gasteiger partial charge in [-0.25, -0.2) is 9.59 Å². The number of amides is 2. The fourth-order valence-corrected chi connectivity index (χ4v) is 2.67. The molecule has 2 heterocycles. The van der Waals surface area contributed by atoms with Gasteiger partial charge in [0.2, 0.25) is 0 Å². The SMILES string of the molecule is CCC1COCCN1C(=O)N1CC(O)C[C@H]1C(=O)O. The number of carbonyl (C=O) groups is 2.